The number of rotatable bonds is 0. The van der Waals surface area contributed by atoms with E-state index in [1.807, 2.05) is 0 Å². The van der Waals surface area contributed by atoms with Gasteiger partial charge in [-0.1, -0.05) is 0 Å². The molecule has 0 saturated heterocycles. The Bertz CT molecular complexity index is 74.2. The maximum Gasteiger partial charge on any atom is 5.00 e. The number of hydrogen-bond donors (Lipinski definition) is 0. The summed E-state index contributed by atoms with van der Waals surface area (Å²) in [6.07, 6.45) is 0. The molecule has 13 heteroatoms. The van der Waals surface area contributed by atoms with Gasteiger partial charge in [0.25, 0.3) is 0 Å². The van der Waals surface area contributed by atoms with Crippen molar-refractivity contribution in [3.05, 3.63) is 62.8 Å². The first-order valence-corrected chi connectivity index (χ1v) is 0.697. The largest absolute Gasteiger partial charge is 5.00 e. The molecule has 0 rings (SSSR count). The second-order valence-electron chi connectivity index (χ2n) is 0.224. The second-order valence-corrected chi connectivity index (χ2v) is 0.224. The third-order valence-electron chi connectivity index (χ3n) is 0.0500. The molecule has 0 bridgehead atoms. The summed E-state index contributed by atoms with van der Waals surface area (Å²) in [6, 6.07) is 2.47. The van der Waals surface area contributed by atoms with E-state index in [9.17, 15) is 0 Å². The van der Waals surface area contributed by atoms with Gasteiger partial charge in [0.05, 0.1) is 0 Å². The van der Waals surface area contributed by atoms with Gasteiger partial charge in [-0.15, -0.1) is 0 Å². The van der Waals surface area contributed by atoms with E-state index in [2.05, 4.69) is 0 Å². The summed E-state index contributed by atoms with van der Waals surface area (Å²) >= 11 is 0. The number of nitriles is 2. The van der Waals surface area contributed by atoms with Gasteiger partial charge in [-0.25, -0.2) is 0 Å². The van der Waals surface area contributed by atoms with Crippen molar-refractivity contribution in [2.75, 3.05) is 0 Å². The van der Waals surface area contributed by atoms with Gasteiger partial charge in [0.1, 0.15) is 0 Å². The van der Waals surface area contributed by atoms with Crippen molar-refractivity contribution in [2.45, 2.75) is 0 Å². The van der Waals surface area contributed by atoms with Gasteiger partial charge in [0.15, 0.2) is 12.1 Å². The minimum Gasteiger partial charge on any atom is -0.693 e. The topological polar surface area (TPSA) is 349 Å². The van der Waals surface area contributed by atoms with E-state index in [1.165, 1.54) is 12.1 Å². The maximum atomic E-state index is 7.26. The molecular weight excluding hydrogens is 392 g/mol. The predicted molar refractivity (Wildman–Crippen MR) is 65.2 cm³/mol. The molecule has 0 spiro atoms. The molecule has 0 aliphatic carbocycles. The van der Waals surface area contributed by atoms with E-state index in [1.54, 1.807) is 0 Å². The molecule has 0 fully saturated rings. The van der Waals surface area contributed by atoms with Crippen LogP contribution in [-0.2, 0) is 39.0 Å². The number of hydrogen-bond acceptors (Lipinski definition) is 2. The smallest absolute Gasteiger partial charge is 0.693 e. The molecule has 0 aliphatic heterocycles. The van der Waals surface area contributed by atoms with Crippen LogP contribution in [0.1, 0.15) is 0 Å². The molecule has 0 aromatic carbocycles. The normalized spacial score (nSPS) is 0.625. The fraction of sp³-hybridized carbons (Fsp3) is 0. The molecule has 0 saturated carbocycles. The standard InChI is InChI=1S/C2N2.CH3.9H2N.2Ru/c3-1-2-4;;;;;;;;;;;;/h;1H3;9*1H2;;/q;10*-1;2*+5. The fourth-order valence-electron chi connectivity index (χ4n) is 0. The Balaban J connectivity index is -0.000000000682. The molecular formula is C3H21N11Ru2. The van der Waals surface area contributed by atoms with Gasteiger partial charge in [-0.2, -0.15) is 10.5 Å². The van der Waals surface area contributed by atoms with Crippen LogP contribution in [0.3, 0.4) is 0 Å². The predicted octanol–water partition coefficient (Wildman–Crippen LogP) is 6.93. The van der Waals surface area contributed by atoms with Crippen LogP contribution in [0.25, 0.3) is 55.4 Å². The molecule has 16 heavy (non-hydrogen) atoms. The summed E-state index contributed by atoms with van der Waals surface area (Å²) in [5, 5.41) is 14.5. The minimum absolute atomic E-state index is 0. The number of nitrogens with zero attached hydrogens (tertiary/aromatic N) is 2. The van der Waals surface area contributed by atoms with E-state index in [0.717, 1.165) is 0 Å². The van der Waals surface area contributed by atoms with Crippen molar-refractivity contribution in [3.8, 4) is 12.1 Å². The van der Waals surface area contributed by atoms with E-state index in [0.29, 0.717) is 0 Å². The average molecular weight is 413 g/mol. The minimum atomic E-state index is 0. The Labute approximate surface area is 124 Å². The van der Waals surface area contributed by atoms with Crippen molar-refractivity contribution < 1.29 is 39.0 Å². The van der Waals surface area contributed by atoms with E-state index in [-0.39, 0.29) is 102 Å². The third kappa shape index (κ3) is 3060. The Morgan fingerprint density at radius 2 is 0.500 bits per heavy atom. The zero-order chi connectivity index (χ0) is 3.41. The first-order valence-electron chi connectivity index (χ1n) is 0.697. The van der Waals surface area contributed by atoms with Gasteiger partial charge in [-0.3, -0.25) is 0 Å². The third-order valence-corrected chi connectivity index (χ3v) is 0.0500. The van der Waals surface area contributed by atoms with Crippen molar-refractivity contribution in [3.63, 3.8) is 0 Å². The Morgan fingerprint density at radius 1 is 0.438 bits per heavy atom. The molecule has 0 amide bonds. The van der Waals surface area contributed by atoms with Crippen LogP contribution in [0.2, 0.25) is 0 Å². The summed E-state index contributed by atoms with van der Waals surface area (Å²) in [6.45, 7) is 0. The van der Waals surface area contributed by atoms with E-state index in [4.69, 9.17) is 10.5 Å². The summed E-state index contributed by atoms with van der Waals surface area (Å²) in [5.41, 5.74) is 0. The first-order chi connectivity index (χ1) is 1.91. The molecule has 0 aromatic heterocycles. The van der Waals surface area contributed by atoms with Gasteiger partial charge in [0.2, 0.25) is 0 Å². The molecule has 0 heterocycles. The molecule has 104 valence electrons. The molecule has 0 aliphatic rings. The molecule has 0 unspecified atom stereocenters. The summed E-state index contributed by atoms with van der Waals surface area (Å²) in [5.74, 6) is 0. The maximum absolute atomic E-state index is 7.26. The van der Waals surface area contributed by atoms with Crippen LogP contribution >= 0.6 is 0 Å². The van der Waals surface area contributed by atoms with E-state index < -0.39 is 0 Å². The van der Waals surface area contributed by atoms with Gasteiger partial charge >= 0.3 is 39.0 Å². The monoisotopic (exact) mass is 415 g/mol. The van der Waals surface area contributed by atoms with Crippen LogP contribution in [0.4, 0.5) is 0 Å². The van der Waals surface area contributed by atoms with Crippen molar-refractivity contribution >= 4 is 0 Å². The van der Waals surface area contributed by atoms with Crippen LogP contribution in [-0.4, -0.2) is 0 Å². The van der Waals surface area contributed by atoms with Crippen LogP contribution in [0, 0.1) is 30.1 Å². The van der Waals surface area contributed by atoms with Crippen LogP contribution in [0.5, 0.6) is 0 Å². The zero-order valence-electron chi connectivity index (χ0n) is 8.80. The van der Waals surface area contributed by atoms with Gasteiger partial charge < -0.3 is 62.8 Å². The zero-order valence-corrected chi connectivity index (χ0v) is 12.3. The Hall–Kier alpha value is -0.133. The SMILES string of the molecule is N#CC#N.[CH3-].[NH2-].[NH2-].[NH2-].[NH2-].[NH2-].[NH2-].[NH2-].[NH2-].[NH2-].[Ru+5].[Ru+5]. The van der Waals surface area contributed by atoms with Crippen molar-refractivity contribution in [1.82, 2.24) is 0 Å². The Kier molecular flexibility index (Phi) is 21900. The van der Waals surface area contributed by atoms with Crippen molar-refractivity contribution in [2.24, 2.45) is 0 Å². The van der Waals surface area contributed by atoms with Crippen LogP contribution in [0.15, 0.2) is 0 Å². The first kappa shape index (κ1) is 427. The quantitative estimate of drug-likeness (QED) is 0.300. The molecule has 0 aromatic rings. The second kappa shape index (κ2) is 820. The Morgan fingerprint density at radius 3 is 0.500 bits per heavy atom. The van der Waals surface area contributed by atoms with Gasteiger partial charge in [0, 0.05) is 0 Å². The summed E-state index contributed by atoms with van der Waals surface area (Å²) in [4.78, 5) is 0. The molecule has 2 radical (unpaired) electrons. The molecule has 0 atom stereocenters. The van der Waals surface area contributed by atoms with Crippen molar-refractivity contribution in [1.29, 1.82) is 10.5 Å². The van der Waals surface area contributed by atoms with Gasteiger partial charge in [-0.05, 0) is 0 Å². The molecule has 18 N–H and O–H groups in total. The molecule has 11 nitrogen and oxygen atoms in total. The number of nitrogens with two attached hydrogens (primary N) is 9. The van der Waals surface area contributed by atoms with E-state index >= 15 is 0 Å². The van der Waals surface area contributed by atoms with Crippen LogP contribution < -0.4 is 0 Å². The average Bonchev–Trinajstić information content (AvgIpc) is 1.37. The summed E-state index contributed by atoms with van der Waals surface area (Å²) < 4.78 is 0. The summed E-state index contributed by atoms with van der Waals surface area (Å²) in [7, 11) is 0. The fourth-order valence-corrected chi connectivity index (χ4v) is 0.